The van der Waals surface area contributed by atoms with Gasteiger partial charge in [-0.05, 0) is 25.0 Å². The van der Waals surface area contributed by atoms with Crippen LogP contribution in [0, 0.1) is 13.8 Å². The van der Waals surface area contributed by atoms with E-state index in [4.69, 9.17) is 4.99 Å². The molecule has 150 valence electrons. The zero-order valence-electron chi connectivity index (χ0n) is 16.8. The summed E-state index contributed by atoms with van der Waals surface area (Å²) in [6, 6.07) is 15.5. The van der Waals surface area contributed by atoms with Gasteiger partial charge in [0.25, 0.3) is 5.91 Å². The van der Waals surface area contributed by atoms with Gasteiger partial charge in [0.05, 0.1) is 6.54 Å². The first kappa shape index (κ1) is 19.0. The monoisotopic (exact) mass is 391 g/mol. The first-order chi connectivity index (χ1) is 13.9. The number of aryl methyl sites for hydroxylation is 2. The summed E-state index contributed by atoms with van der Waals surface area (Å²) in [5.74, 6) is 0.317. The van der Waals surface area contributed by atoms with Crippen LogP contribution in [0.3, 0.4) is 0 Å². The molecule has 2 N–H and O–H groups in total. The predicted octanol–water partition coefficient (Wildman–Crippen LogP) is 2.14. The van der Waals surface area contributed by atoms with Gasteiger partial charge in [-0.2, -0.15) is 0 Å². The number of likely N-dealkylation sites (N-methyl/N-ethyl adjacent to an activating group) is 1. The zero-order valence-corrected chi connectivity index (χ0v) is 16.8. The normalized spacial score (nSPS) is 22.5. The largest absolute Gasteiger partial charge is 0.333 e. The lowest BCUT2D eigenvalue weighted by atomic mass is 10.1. The van der Waals surface area contributed by atoms with E-state index in [0.717, 1.165) is 16.7 Å². The van der Waals surface area contributed by atoms with Crippen LogP contribution in [0.15, 0.2) is 53.5 Å². The molecule has 7 heteroatoms. The molecule has 7 nitrogen and oxygen atoms in total. The number of carbonyl (C=O) groups is 2. The Bertz CT molecular complexity index is 969. The van der Waals surface area contributed by atoms with E-state index in [-0.39, 0.29) is 5.91 Å². The molecule has 2 aliphatic rings. The molecule has 0 aromatic heterocycles. The van der Waals surface area contributed by atoms with Crippen LogP contribution in [0.1, 0.15) is 22.3 Å². The molecule has 4 rings (SSSR count). The number of nitrogens with zero attached hydrogens (tertiary/aromatic N) is 3. The minimum Gasteiger partial charge on any atom is -0.333 e. The number of fused-ring (bicyclic) bond motifs is 1. The summed E-state index contributed by atoms with van der Waals surface area (Å²) in [6.07, 6.45) is -0.446. The number of hydrogen-bond acceptors (Lipinski definition) is 3. The van der Waals surface area contributed by atoms with Crippen molar-refractivity contribution in [2.45, 2.75) is 39.1 Å². The average Bonchev–Trinajstić information content (AvgIpc) is 3.05. The molecule has 0 spiro atoms. The average molecular weight is 391 g/mol. The number of hydrogen-bond donors (Lipinski definition) is 2. The first-order valence-electron chi connectivity index (χ1n) is 9.69. The number of guanidine groups is 1. The number of amides is 3. The van der Waals surface area contributed by atoms with E-state index in [0.29, 0.717) is 19.0 Å². The lowest BCUT2D eigenvalue weighted by Gasteiger charge is -2.35. The van der Waals surface area contributed by atoms with Crippen LogP contribution in [-0.4, -0.2) is 47.0 Å². The Morgan fingerprint density at radius 2 is 1.76 bits per heavy atom. The topological polar surface area (TPSA) is 77.0 Å². The summed E-state index contributed by atoms with van der Waals surface area (Å²) in [5, 5.41) is 5.73. The molecule has 2 aromatic rings. The van der Waals surface area contributed by atoms with E-state index >= 15 is 0 Å². The van der Waals surface area contributed by atoms with Gasteiger partial charge in [-0.25, -0.2) is 9.79 Å². The molecular weight excluding hydrogens is 366 g/mol. The van der Waals surface area contributed by atoms with Gasteiger partial charge in [-0.3, -0.25) is 10.1 Å². The standard InChI is InChI=1S/C22H25N5O2/c1-14-7-9-16(10-8-14)12-23-21-24-19-18(20(28)25-22(29)26(19)3)27(21)13-17-6-4-5-15(2)11-17/h4-11,18-19H,12-13H2,1-3H3,(H,23,24)(H,25,28,29). The molecular formula is C22H25N5O2. The Kier molecular flexibility index (Phi) is 4.96. The van der Waals surface area contributed by atoms with Gasteiger partial charge in [-0.15, -0.1) is 0 Å². The molecule has 2 atom stereocenters. The number of urea groups is 1. The SMILES string of the molecule is Cc1ccc(CN=C2NC3C(C(=O)NC(=O)N3C)N2Cc2cccc(C)c2)cc1. The van der Waals surface area contributed by atoms with Crippen LogP contribution in [0.4, 0.5) is 4.79 Å². The molecule has 3 amide bonds. The van der Waals surface area contributed by atoms with Gasteiger partial charge in [0.2, 0.25) is 0 Å². The van der Waals surface area contributed by atoms with Crippen molar-refractivity contribution in [3.05, 3.63) is 70.8 Å². The van der Waals surface area contributed by atoms with Gasteiger partial charge in [0, 0.05) is 13.6 Å². The van der Waals surface area contributed by atoms with E-state index in [1.165, 1.54) is 10.5 Å². The predicted molar refractivity (Wildman–Crippen MR) is 111 cm³/mol. The van der Waals surface area contributed by atoms with Gasteiger partial charge in [0.15, 0.2) is 12.0 Å². The number of aliphatic imine (C=N–C) groups is 1. The lowest BCUT2D eigenvalue weighted by Crippen LogP contribution is -2.64. The van der Waals surface area contributed by atoms with Crippen molar-refractivity contribution < 1.29 is 9.59 Å². The number of benzene rings is 2. The molecule has 2 aliphatic heterocycles. The third-order valence-corrected chi connectivity index (χ3v) is 5.39. The Hall–Kier alpha value is -3.35. The second kappa shape index (κ2) is 7.58. The van der Waals surface area contributed by atoms with Crippen molar-refractivity contribution in [2.75, 3.05) is 7.05 Å². The summed E-state index contributed by atoms with van der Waals surface area (Å²) in [6.45, 7) is 5.11. The highest BCUT2D eigenvalue weighted by Crippen LogP contribution is 2.23. The van der Waals surface area contributed by atoms with Crippen molar-refractivity contribution in [3.63, 3.8) is 0 Å². The Morgan fingerprint density at radius 1 is 1.00 bits per heavy atom. The molecule has 2 aromatic carbocycles. The number of rotatable bonds is 4. The van der Waals surface area contributed by atoms with Crippen LogP contribution >= 0.6 is 0 Å². The van der Waals surface area contributed by atoms with Crippen molar-refractivity contribution in [2.24, 2.45) is 4.99 Å². The van der Waals surface area contributed by atoms with Gasteiger partial charge in [-0.1, -0.05) is 59.7 Å². The van der Waals surface area contributed by atoms with E-state index in [9.17, 15) is 9.59 Å². The molecule has 2 heterocycles. The quantitative estimate of drug-likeness (QED) is 0.837. The van der Waals surface area contributed by atoms with Crippen LogP contribution in [0.5, 0.6) is 0 Å². The highest BCUT2D eigenvalue weighted by molar-refractivity contribution is 6.04. The second-order valence-electron chi connectivity index (χ2n) is 7.68. The first-order valence-corrected chi connectivity index (χ1v) is 9.69. The highest BCUT2D eigenvalue weighted by Gasteiger charge is 2.49. The maximum absolute atomic E-state index is 12.7. The second-order valence-corrected chi connectivity index (χ2v) is 7.68. The van der Waals surface area contributed by atoms with Gasteiger partial charge in [0.1, 0.15) is 6.17 Å². The highest BCUT2D eigenvalue weighted by atomic mass is 16.2. The summed E-state index contributed by atoms with van der Waals surface area (Å²) < 4.78 is 0. The minimum atomic E-state index is -0.532. The summed E-state index contributed by atoms with van der Waals surface area (Å²) >= 11 is 0. The molecule has 0 radical (unpaired) electrons. The summed E-state index contributed by atoms with van der Waals surface area (Å²) in [5.41, 5.74) is 4.53. The number of carbonyl (C=O) groups excluding carboxylic acids is 2. The van der Waals surface area contributed by atoms with Crippen molar-refractivity contribution >= 4 is 17.9 Å². The fourth-order valence-electron chi connectivity index (χ4n) is 3.76. The van der Waals surface area contributed by atoms with Crippen LogP contribution < -0.4 is 10.6 Å². The van der Waals surface area contributed by atoms with E-state index in [1.807, 2.05) is 36.9 Å². The molecule has 0 aliphatic carbocycles. The van der Waals surface area contributed by atoms with E-state index < -0.39 is 18.2 Å². The zero-order chi connectivity index (χ0) is 20.5. The molecule has 29 heavy (non-hydrogen) atoms. The van der Waals surface area contributed by atoms with Crippen molar-refractivity contribution in [1.29, 1.82) is 0 Å². The number of imide groups is 1. The lowest BCUT2D eigenvalue weighted by molar-refractivity contribution is -0.127. The number of nitrogens with one attached hydrogen (secondary N) is 2. The Balaban J connectivity index is 1.65. The third kappa shape index (κ3) is 3.81. The Morgan fingerprint density at radius 3 is 2.48 bits per heavy atom. The molecule has 0 bridgehead atoms. The van der Waals surface area contributed by atoms with Crippen LogP contribution in [0.2, 0.25) is 0 Å². The maximum Gasteiger partial charge on any atom is 0.325 e. The molecule has 0 saturated carbocycles. The van der Waals surface area contributed by atoms with Gasteiger partial charge < -0.3 is 15.1 Å². The fourth-order valence-corrected chi connectivity index (χ4v) is 3.76. The fraction of sp³-hybridized carbons (Fsp3) is 0.318. The summed E-state index contributed by atoms with van der Waals surface area (Å²) in [4.78, 5) is 33.0. The molecule has 2 fully saturated rings. The van der Waals surface area contributed by atoms with E-state index in [2.05, 4.69) is 41.0 Å². The maximum atomic E-state index is 12.7. The smallest absolute Gasteiger partial charge is 0.325 e. The van der Waals surface area contributed by atoms with Crippen LogP contribution in [-0.2, 0) is 17.9 Å². The van der Waals surface area contributed by atoms with Crippen molar-refractivity contribution in [3.8, 4) is 0 Å². The molecule has 2 unspecified atom stereocenters. The summed E-state index contributed by atoms with van der Waals surface area (Å²) in [7, 11) is 1.68. The van der Waals surface area contributed by atoms with Crippen molar-refractivity contribution in [1.82, 2.24) is 20.4 Å². The van der Waals surface area contributed by atoms with Gasteiger partial charge >= 0.3 is 6.03 Å². The van der Waals surface area contributed by atoms with Crippen LogP contribution in [0.25, 0.3) is 0 Å². The van der Waals surface area contributed by atoms with E-state index in [1.54, 1.807) is 7.05 Å². The minimum absolute atomic E-state index is 0.307. The molecule has 2 saturated heterocycles. The Labute approximate surface area is 170 Å². The third-order valence-electron chi connectivity index (χ3n) is 5.39.